The minimum atomic E-state index is -0.224. The summed E-state index contributed by atoms with van der Waals surface area (Å²) >= 11 is 1.22. The first-order valence-corrected chi connectivity index (χ1v) is 10.9. The first-order chi connectivity index (χ1) is 15.6. The lowest BCUT2D eigenvalue weighted by Gasteiger charge is -2.17. The molecule has 0 aliphatic carbocycles. The lowest BCUT2D eigenvalue weighted by Crippen LogP contribution is -2.31. The van der Waals surface area contributed by atoms with E-state index < -0.39 is 0 Å². The molecule has 1 aliphatic heterocycles. The highest BCUT2D eigenvalue weighted by Gasteiger charge is 2.32. The number of aliphatic imine (C=N–C) groups is 1. The molecule has 0 atom stereocenters. The van der Waals surface area contributed by atoms with E-state index in [2.05, 4.69) is 10.3 Å². The van der Waals surface area contributed by atoms with Crippen LogP contribution in [0.4, 0.5) is 11.4 Å². The number of nitrogens with one attached hydrogen (secondary N) is 1. The summed E-state index contributed by atoms with van der Waals surface area (Å²) in [7, 11) is 1.59. The molecule has 0 unspecified atom stereocenters. The summed E-state index contributed by atoms with van der Waals surface area (Å²) in [5.74, 6) is 0.412. The van der Waals surface area contributed by atoms with Crippen molar-refractivity contribution in [2.75, 3.05) is 23.1 Å². The Bertz CT molecular complexity index is 1160. The van der Waals surface area contributed by atoms with E-state index in [1.54, 1.807) is 42.4 Å². The van der Waals surface area contributed by atoms with Crippen molar-refractivity contribution in [2.45, 2.75) is 0 Å². The summed E-state index contributed by atoms with van der Waals surface area (Å²) in [6.45, 7) is 0. The first-order valence-electron chi connectivity index (χ1n) is 9.96. The molecule has 6 nitrogen and oxygen atoms in total. The van der Waals surface area contributed by atoms with Crippen LogP contribution in [0.2, 0.25) is 0 Å². The smallest absolute Gasteiger partial charge is 0.283 e. The average molecular weight is 444 g/mol. The number of amidine groups is 1. The number of ether oxygens (including phenoxy) is 1. The number of amides is 2. The Balaban J connectivity index is 1.51. The number of carbonyl (C=O) groups is 2. The van der Waals surface area contributed by atoms with Crippen LogP contribution in [0.25, 0.3) is 6.08 Å². The minimum absolute atomic E-state index is 0.111. The van der Waals surface area contributed by atoms with Gasteiger partial charge in [-0.05, 0) is 48.0 Å². The predicted octanol–water partition coefficient (Wildman–Crippen LogP) is 4.81. The van der Waals surface area contributed by atoms with Crippen molar-refractivity contribution in [3.63, 3.8) is 0 Å². The molecule has 3 aromatic rings. The summed E-state index contributed by atoms with van der Waals surface area (Å²) in [5, 5.41) is 3.31. The Morgan fingerprint density at radius 3 is 2.31 bits per heavy atom. The van der Waals surface area contributed by atoms with E-state index in [9.17, 15) is 9.59 Å². The Morgan fingerprint density at radius 2 is 1.66 bits per heavy atom. The molecule has 160 valence electrons. The molecule has 1 heterocycles. The van der Waals surface area contributed by atoms with Gasteiger partial charge >= 0.3 is 0 Å². The highest BCUT2D eigenvalue weighted by molar-refractivity contribution is 8.14. The number of anilines is 2. The Labute approximate surface area is 190 Å². The second-order valence-corrected chi connectivity index (χ2v) is 7.82. The van der Waals surface area contributed by atoms with Crippen LogP contribution in [0.15, 0.2) is 95.6 Å². The molecule has 0 bridgehead atoms. The van der Waals surface area contributed by atoms with Gasteiger partial charge in [0.1, 0.15) is 11.4 Å². The van der Waals surface area contributed by atoms with E-state index in [-0.39, 0.29) is 17.6 Å². The van der Waals surface area contributed by atoms with Crippen molar-refractivity contribution in [1.82, 2.24) is 0 Å². The molecule has 0 radical (unpaired) electrons. The molecule has 32 heavy (non-hydrogen) atoms. The van der Waals surface area contributed by atoms with Gasteiger partial charge in [0.25, 0.3) is 5.91 Å². The van der Waals surface area contributed by atoms with Crippen LogP contribution in [0.3, 0.4) is 0 Å². The summed E-state index contributed by atoms with van der Waals surface area (Å²) in [5.41, 5.74) is 2.59. The van der Waals surface area contributed by atoms with Crippen molar-refractivity contribution in [2.24, 2.45) is 4.99 Å². The molecule has 0 saturated carbocycles. The molecule has 2 amide bonds. The van der Waals surface area contributed by atoms with Gasteiger partial charge < -0.3 is 10.1 Å². The zero-order chi connectivity index (χ0) is 22.3. The van der Waals surface area contributed by atoms with Crippen molar-refractivity contribution in [3.05, 3.63) is 96.2 Å². The Kier molecular flexibility index (Phi) is 6.67. The Hall–Kier alpha value is -3.84. The zero-order valence-electron chi connectivity index (χ0n) is 17.4. The highest BCUT2D eigenvalue weighted by atomic mass is 32.2. The number of hydrogen-bond donors (Lipinski definition) is 1. The van der Waals surface area contributed by atoms with Crippen molar-refractivity contribution < 1.29 is 14.3 Å². The average Bonchev–Trinajstić information content (AvgIpc) is 3.14. The predicted molar refractivity (Wildman–Crippen MR) is 130 cm³/mol. The van der Waals surface area contributed by atoms with Gasteiger partial charge in [-0.3, -0.25) is 14.5 Å². The van der Waals surface area contributed by atoms with Crippen molar-refractivity contribution >= 4 is 46.2 Å². The van der Waals surface area contributed by atoms with E-state index in [0.29, 0.717) is 28.0 Å². The summed E-state index contributed by atoms with van der Waals surface area (Å²) in [4.78, 5) is 31.7. The third-order valence-corrected chi connectivity index (χ3v) is 5.59. The van der Waals surface area contributed by atoms with E-state index in [1.165, 1.54) is 11.8 Å². The summed E-state index contributed by atoms with van der Waals surface area (Å²) in [6, 6.07) is 26.0. The van der Waals surface area contributed by atoms with Gasteiger partial charge in [0.05, 0.1) is 18.6 Å². The molecule has 1 N–H and O–H groups in total. The van der Waals surface area contributed by atoms with Crippen LogP contribution in [0.5, 0.6) is 5.75 Å². The lowest BCUT2D eigenvalue weighted by molar-refractivity contribution is -0.114. The van der Waals surface area contributed by atoms with Crippen LogP contribution in [0.1, 0.15) is 5.56 Å². The zero-order valence-corrected chi connectivity index (χ0v) is 18.2. The summed E-state index contributed by atoms with van der Waals surface area (Å²) < 4.78 is 5.13. The molecule has 0 fully saturated rings. The van der Waals surface area contributed by atoms with Gasteiger partial charge in [0.2, 0.25) is 5.91 Å². The fourth-order valence-electron chi connectivity index (χ4n) is 3.11. The van der Waals surface area contributed by atoms with Gasteiger partial charge in [-0.1, -0.05) is 60.3 Å². The number of carbonyl (C=O) groups excluding carboxylic acids is 2. The molecule has 4 rings (SSSR count). The quantitative estimate of drug-likeness (QED) is 0.555. The van der Waals surface area contributed by atoms with Crippen molar-refractivity contribution in [1.29, 1.82) is 0 Å². The standard InChI is InChI=1S/C25H21N3O3S/c1-31-21-14-12-19(13-15-21)26-23(29)17-32-25-27-22(16-18-8-4-2-5-9-18)24(30)28(25)20-10-6-3-7-11-20/h2-16H,17H2,1H3,(H,26,29)/b22-16-. The van der Waals surface area contributed by atoms with Crippen LogP contribution >= 0.6 is 11.8 Å². The van der Waals surface area contributed by atoms with Crippen LogP contribution in [0, 0.1) is 0 Å². The molecule has 1 aliphatic rings. The maximum absolute atomic E-state index is 13.1. The minimum Gasteiger partial charge on any atom is -0.497 e. The van der Waals surface area contributed by atoms with Crippen LogP contribution in [-0.4, -0.2) is 29.8 Å². The van der Waals surface area contributed by atoms with Gasteiger partial charge in [-0.25, -0.2) is 4.99 Å². The Morgan fingerprint density at radius 1 is 1.00 bits per heavy atom. The second kappa shape index (κ2) is 9.98. The highest BCUT2D eigenvalue weighted by Crippen LogP contribution is 2.29. The van der Waals surface area contributed by atoms with E-state index in [1.807, 2.05) is 60.7 Å². The number of para-hydroxylation sites is 1. The SMILES string of the molecule is COc1ccc(NC(=O)CSC2=N/C(=C\c3ccccc3)C(=O)N2c2ccccc2)cc1. The molecule has 0 aromatic heterocycles. The normalized spacial score (nSPS) is 14.4. The molecule has 0 saturated heterocycles. The number of hydrogen-bond acceptors (Lipinski definition) is 5. The number of thioether (sulfide) groups is 1. The van der Waals surface area contributed by atoms with Crippen LogP contribution in [-0.2, 0) is 9.59 Å². The van der Waals surface area contributed by atoms with E-state index >= 15 is 0 Å². The maximum atomic E-state index is 13.1. The second-order valence-electron chi connectivity index (χ2n) is 6.88. The molecule has 0 spiro atoms. The third kappa shape index (κ3) is 5.07. The third-order valence-electron chi connectivity index (χ3n) is 4.65. The van der Waals surface area contributed by atoms with E-state index in [4.69, 9.17) is 4.74 Å². The number of methoxy groups -OCH3 is 1. The number of nitrogens with zero attached hydrogens (tertiary/aromatic N) is 2. The van der Waals surface area contributed by atoms with Gasteiger partial charge in [0, 0.05) is 5.69 Å². The number of rotatable bonds is 6. The van der Waals surface area contributed by atoms with Crippen LogP contribution < -0.4 is 15.0 Å². The van der Waals surface area contributed by atoms with Gasteiger partial charge in [-0.2, -0.15) is 0 Å². The van der Waals surface area contributed by atoms with Crippen molar-refractivity contribution in [3.8, 4) is 5.75 Å². The van der Waals surface area contributed by atoms with Gasteiger partial charge in [-0.15, -0.1) is 0 Å². The first kappa shape index (κ1) is 21.4. The van der Waals surface area contributed by atoms with Gasteiger partial charge in [0.15, 0.2) is 5.17 Å². The fraction of sp³-hybridized carbons (Fsp3) is 0.0800. The number of benzene rings is 3. The largest absolute Gasteiger partial charge is 0.497 e. The topological polar surface area (TPSA) is 71.0 Å². The summed E-state index contributed by atoms with van der Waals surface area (Å²) in [6.07, 6.45) is 1.75. The molecular weight excluding hydrogens is 422 g/mol. The van der Waals surface area contributed by atoms with E-state index in [0.717, 1.165) is 5.56 Å². The molecule has 3 aromatic carbocycles. The lowest BCUT2D eigenvalue weighted by atomic mass is 10.2. The monoisotopic (exact) mass is 443 g/mol. The maximum Gasteiger partial charge on any atom is 0.283 e. The fourth-order valence-corrected chi connectivity index (χ4v) is 3.92. The molecular formula is C25H21N3O3S. The molecule has 7 heteroatoms.